The lowest BCUT2D eigenvalue weighted by atomic mass is 10.1. The summed E-state index contributed by atoms with van der Waals surface area (Å²) in [4.78, 5) is 23.3. The highest BCUT2D eigenvalue weighted by Crippen LogP contribution is 2.15. The number of carbonyl (C=O) groups is 2. The molecule has 1 atom stereocenters. The molecule has 0 saturated heterocycles. The van der Waals surface area contributed by atoms with Gasteiger partial charge in [-0.15, -0.1) is 11.6 Å². The Hall–Kier alpha value is -1.55. The van der Waals surface area contributed by atoms with E-state index in [1.165, 1.54) is 0 Å². The molecule has 2 N–H and O–H groups in total. The number of amides is 2. The zero-order chi connectivity index (χ0) is 13.5. The largest absolute Gasteiger partial charge is 0.350 e. The molecular weight excluding hydrogens is 252 g/mol. The number of rotatable bonds is 5. The number of hydrogen-bond donors (Lipinski definition) is 2. The van der Waals surface area contributed by atoms with E-state index in [4.69, 9.17) is 11.6 Å². The summed E-state index contributed by atoms with van der Waals surface area (Å²) in [6, 6.07) is 6.94. The number of para-hydroxylation sites is 1. The molecule has 1 rings (SSSR count). The first kappa shape index (κ1) is 14.5. The molecule has 98 valence electrons. The molecule has 0 aliphatic heterocycles. The van der Waals surface area contributed by atoms with Crippen LogP contribution in [0, 0.1) is 0 Å². The lowest BCUT2D eigenvalue weighted by molar-refractivity contribution is -0.113. The molecule has 0 radical (unpaired) electrons. The molecular formula is C13H17ClN2O2. The highest BCUT2D eigenvalue weighted by atomic mass is 35.5. The summed E-state index contributed by atoms with van der Waals surface area (Å²) in [5.74, 6) is -0.670. The fourth-order valence-corrected chi connectivity index (χ4v) is 1.44. The molecule has 1 unspecified atom stereocenters. The maximum Gasteiger partial charge on any atom is 0.253 e. The van der Waals surface area contributed by atoms with E-state index in [0.29, 0.717) is 11.3 Å². The predicted octanol–water partition coefficient (Wildman–Crippen LogP) is 2.39. The van der Waals surface area contributed by atoms with Crippen molar-refractivity contribution in [3.8, 4) is 0 Å². The Labute approximate surface area is 112 Å². The van der Waals surface area contributed by atoms with E-state index in [-0.39, 0.29) is 23.7 Å². The van der Waals surface area contributed by atoms with Crippen molar-refractivity contribution in [2.24, 2.45) is 0 Å². The standard InChI is InChI=1S/C13H17ClN2O2/c1-3-9(2)15-13(18)10-6-4-5-7-11(10)16-12(17)8-14/h4-7,9H,3,8H2,1-2H3,(H,15,18)(H,16,17). The molecule has 18 heavy (non-hydrogen) atoms. The number of carbonyl (C=O) groups excluding carboxylic acids is 2. The second kappa shape index (κ2) is 7.01. The third-order valence-corrected chi connectivity index (χ3v) is 2.80. The summed E-state index contributed by atoms with van der Waals surface area (Å²) in [6.45, 7) is 3.92. The fraction of sp³-hybridized carbons (Fsp3) is 0.385. The van der Waals surface area contributed by atoms with Gasteiger partial charge in [-0.05, 0) is 25.5 Å². The van der Waals surface area contributed by atoms with Gasteiger partial charge in [0, 0.05) is 6.04 Å². The first-order valence-corrected chi connectivity index (χ1v) is 6.37. The van der Waals surface area contributed by atoms with Gasteiger partial charge >= 0.3 is 0 Å². The minimum Gasteiger partial charge on any atom is -0.350 e. The summed E-state index contributed by atoms with van der Waals surface area (Å²) in [5.41, 5.74) is 0.917. The highest BCUT2D eigenvalue weighted by Gasteiger charge is 2.13. The second-order valence-corrected chi connectivity index (χ2v) is 4.28. The topological polar surface area (TPSA) is 58.2 Å². The zero-order valence-electron chi connectivity index (χ0n) is 10.5. The Bertz CT molecular complexity index is 435. The molecule has 4 nitrogen and oxygen atoms in total. The van der Waals surface area contributed by atoms with Crippen molar-refractivity contribution in [1.82, 2.24) is 5.32 Å². The van der Waals surface area contributed by atoms with Gasteiger partial charge in [-0.2, -0.15) is 0 Å². The number of alkyl halides is 1. The Morgan fingerprint density at radius 2 is 2.00 bits per heavy atom. The van der Waals surface area contributed by atoms with E-state index in [2.05, 4.69) is 10.6 Å². The monoisotopic (exact) mass is 268 g/mol. The van der Waals surface area contributed by atoms with Gasteiger partial charge in [0.1, 0.15) is 5.88 Å². The van der Waals surface area contributed by atoms with E-state index in [0.717, 1.165) is 6.42 Å². The molecule has 0 saturated carbocycles. The predicted molar refractivity (Wildman–Crippen MR) is 73.0 cm³/mol. The first-order chi connectivity index (χ1) is 8.58. The van der Waals surface area contributed by atoms with Gasteiger partial charge in [0.2, 0.25) is 5.91 Å². The van der Waals surface area contributed by atoms with Crippen LogP contribution in [0.15, 0.2) is 24.3 Å². The lowest BCUT2D eigenvalue weighted by Gasteiger charge is -2.14. The number of nitrogens with one attached hydrogen (secondary N) is 2. The van der Waals surface area contributed by atoms with Gasteiger partial charge < -0.3 is 10.6 Å². The molecule has 0 bridgehead atoms. The van der Waals surface area contributed by atoms with Gasteiger partial charge in [-0.25, -0.2) is 0 Å². The average molecular weight is 269 g/mol. The molecule has 0 aliphatic rings. The van der Waals surface area contributed by atoms with Crippen molar-refractivity contribution in [2.75, 3.05) is 11.2 Å². The van der Waals surface area contributed by atoms with E-state index >= 15 is 0 Å². The van der Waals surface area contributed by atoms with Crippen molar-refractivity contribution in [3.63, 3.8) is 0 Å². The van der Waals surface area contributed by atoms with E-state index in [1.807, 2.05) is 13.8 Å². The van der Waals surface area contributed by atoms with Crippen LogP contribution in [-0.4, -0.2) is 23.7 Å². The zero-order valence-corrected chi connectivity index (χ0v) is 11.3. The molecule has 1 aromatic rings. The van der Waals surface area contributed by atoms with Crippen LogP contribution >= 0.6 is 11.6 Å². The van der Waals surface area contributed by atoms with E-state index in [9.17, 15) is 9.59 Å². The summed E-state index contributed by atoms with van der Waals surface area (Å²) < 4.78 is 0. The number of benzene rings is 1. The van der Waals surface area contributed by atoms with E-state index in [1.54, 1.807) is 24.3 Å². The Morgan fingerprint density at radius 3 is 2.61 bits per heavy atom. The SMILES string of the molecule is CCC(C)NC(=O)c1ccccc1NC(=O)CCl. The van der Waals surface area contributed by atoms with Crippen molar-refractivity contribution in [3.05, 3.63) is 29.8 Å². The van der Waals surface area contributed by atoms with Gasteiger partial charge in [-0.3, -0.25) is 9.59 Å². The van der Waals surface area contributed by atoms with Crippen LogP contribution in [0.1, 0.15) is 30.6 Å². The van der Waals surface area contributed by atoms with Gasteiger partial charge in [0.05, 0.1) is 11.3 Å². The highest BCUT2D eigenvalue weighted by molar-refractivity contribution is 6.29. The van der Waals surface area contributed by atoms with Gasteiger partial charge in [0.25, 0.3) is 5.91 Å². The van der Waals surface area contributed by atoms with Gasteiger partial charge in [-0.1, -0.05) is 19.1 Å². The van der Waals surface area contributed by atoms with Crippen LogP contribution in [0.5, 0.6) is 0 Å². The van der Waals surface area contributed by atoms with E-state index < -0.39 is 0 Å². The van der Waals surface area contributed by atoms with Crippen LogP contribution < -0.4 is 10.6 Å². The number of anilines is 1. The maximum atomic E-state index is 12.0. The molecule has 0 heterocycles. The number of hydrogen-bond acceptors (Lipinski definition) is 2. The molecule has 0 aliphatic carbocycles. The molecule has 2 amide bonds. The van der Waals surface area contributed by atoms with Crippen LogP contribution in [-0.2, 0) is 4.79 Å². The van der Waals surface area contributed by atoms with Crippen molar-refractivity contribution >= 4 is 29.1 Å². The minimum absolute atomic E-state index is 0.0919. The third-order valence-electron chi connectivity index (χ3n) is 2.56. The summed E-state index contributed by atoms with van der Waals surface area (Å²) in [5, 5.41) is 5.45. The van der Waals surface area contributed by atoms with Crippen LogP contribution in [0.3, 0.4) is 0 Å². The lowest BCUT2D eigenvalue weighted by Crippen LogP contribution is -2.32. The molecule has 0 fully saturated rings. The van der Waals surface area contributed by atoms with Crippen molar-refractivity contribution in [2.45, 2.75) is 26.3 Å². The van der Waals surface area contributed by atoms with Crippen molar-refractivity contribution < 1.29 is 9.59 Å². The fourth-order valence-electron chi connectivity index (χ4n) is 1.38. The third kappa shape index (κ3) is 4.04. The Balaban J connectivity index is 2.87. The smallest absolute Gasteiger partial charge is 0.253 e. The summed E-state index contributed by atoms with van der Waals surface area (Å²) in [7, 11) is 0. The summed E-state index contributed by atoms with van der Waals surface area (Å²) in [6.07, 6.45) is 0.849. The average Bonchev–Trinajstić information content (AvgIpc) is 2.38. The quantitative estimate of drug-likeness (QED) is 0.806. The second-order valence-electron chi connectivity index (χ2n) is 4.01. The van der Waals surface area contributed by atoms with Crippen molar-refractivity contribution in [1.29, 1.82) is 0 Å². The molecule has 1 aromatic carbocycles. The Morgan fingerprint density at radius 1 is 1.33 bits per heavy atom. The number of halogens is 1. The molecule has 5 heteroatoms. The minimum atomic E-state index is -0.333. The Kier molecular flexibility index (Phi) is 5.65. The van der Waals surface area contributed by atoms with Crippen LogP contribution in [0.4, 0.5) is 5.69 Å². The van der Waals surface area contributed by atoms with Crippen LogP contribution in [0.25, 0.3) is 0 Å². The van der Waals surface area contributed by atoms with Crippen LogP contribution in [0.2, 0.25) is 0 Å². The first-order valence-electron chi connectivity index (χ1n) is 5.84. The summed E-state index contributed by atoms with van der Waals surface area (Å²) >= 11 is 5.43. The normalized spacial score (nSPS) is 11.7. The molecule has 0 spiro atoms. The molecule has 0 aromatic heterocycles. The van der Waals surface area contributed by atoms with Gasteiger partial charge in [0.15, 0.2) is 0 Å². The maximum absolute atomic E-state index is 12.0.